The maximum Gasteiger partial charge on any atom is 0.275 e. The summed E-state index contributed by atoms with van der Waals surface area (Å²) in [5.74, 6) is -0.170. The highest BCUT2D eigenvalue weighted by Crippen LogP contribution is 2.16. The lowest BCUT2D eigenvalue weighted by Gasteiger charge is -2.32. The van der Waals surface area contributed by atoms with Gasteiger partial charge in [-0.25, -0.2) is 4.98 Å². The second kappa shape index (κ2) is 13.3. The van der Waals surface area contributed by atoms with Gasteiger partial charge in [-0.1, -0.05) is 12.1 Å². The Labute approximate surface area is 189 Å². The summed E-state index contributed by atoms with van der Waals surface area (Å²) in [6.07, 6.45) is 0.707. The number of likely N-dealkylation sites (N-methyl/N-ethyl adjacent to an activating group) is 1. The zero-order valence-corrected chi connectivity index (χ0v) is 19.1. The number of benzene rings is 1. The number of thiazole rings is 1. The highest BCUT2D eigenvalue weighted by atomic mass is 35.5. The molecule has 6 nitrogen and oxygen atoms in total. The van der Waals surface area contributed by atoms with Crippen molar-refractivity contribution in [3.63, 3.8) is 0 Å². The van der Waals surface area contributed by atoms with Gasteiger partial charge in [-0.2, -0.15) is 0 Å². The number of nitrogens with one attached hydrogen (secondary N) is 1. The molecule has 0 saturated carbocycles. The second-order valence-corrected chi connectivity index (χ2v) is 7.34. The average molecular weight is 469 g/mol. The number of anilines is 1. The van der Waals surface area contributed by atoms with Crippen molar-refractivity contribution in [1.29, 1.82) is 0 Å². The molecular weight excluding hydrogens is 441 g/mol. The first-order chi connectivity index (χ1) is 12.1. The van der Waals surface area contributed by atoms with E-state index < -0.39 is 0 Å². The number of piperazine rings is 1. The molecule has 0 atom stereocenters. The quantitative estimate of drug-likeness (QED) is 0.682. The van der Waals surface area contributed by atoms with Crippen molar-refractivity contribution in [3.8, 4) is 0 Å². The van der Waals surface area contributed by atoms with Gasteiger partial charge >= 0.3 is 0 Å². The summed E-state index contributed by atoms with van der Waals surface area (Å²) in [6, 6.07) is 8.06. The van der Waals surface area contributed by atoms with E-state index in [1.54, 1.807) is 5.38 Å². The van der Waals surface area contributed by atoms with E-state index in [-0.39, 0.29) is 43.1 Å². The molecule has 2 aromatic rings. The number of halogens is 3. The molecule has 0 bridgehead atoms. The normalized spacial score (nSPS) is 14.4. The summed E-state index contributed by atoms with van der Waals surface area (Å²) in [6.45, 7) is 5.82. The maximum absolute atomic E-state index is 12.4. The fourth-order valence-corrected chi connectivity index (χ4v) is 3.65. The van der Waals surface area contributed by atoms with Crippen molar-refractivity contribution < 1.29 is 4.79 Å². The molecule has 1 aliphatic rings. The highest BCUT2D eigenvalue weighted by molar-refractivity contribution is 7.09. The zero-order chi connectivity index (χ0) is 17.6. The van der Waals surface area contributed by atoms with Gasteiger partial charge < -0.3 is 16.0 Å². The van der Waals surface area contributed by atoms with Crippen molar-refractivity contribution in [1.82, 2.24) is 14.8 Å². The summed E-state index contributed by atoms with van der Waals surface area (Å²) in [5.41, 5.74) is 8.01. The summed E-state index contributed by atoms with van der Waals surface area (Å²) in [4.78, 5) is 21.5. The SMILES string of the molecule is CN1CCN(Cc2cccc(NC(=O)c3csc(CCN)n3)c2)CC1.Cl.Cl.Cl. The smallest absolute Gasteiger partial charge is 0.275 e. The van der Waals surface area contributed by atoms with Crippen LogP contribution in [0.25, 0.3) is 0 Å². The van der Waals surface area contributed by atoms with Crippen LogP contribution in [-0.4, -0.2) is 60.5 Å². The predicted octanol–water partition coefficient (Wildman–Crippen LogP) is 2.91. The van der Waals surface area contributed by atoms with E-state index in [2.05, 4.69) is 33.2 Å². The second-order valence-electron chi connectivity index (χ2n) is 6.40. The van der Waals surface area contributed by atoms with Crippen molar-refractivity contribution in [2.45, 2.75) is 13.0 Å². The summed E-state index contributed by atoms with van der Waals surface area (Å²) in [5, 5.41) is 5.63. The largest absolute Gasteiger partial charge is 0.330 e. The number of nitrogens with zero attached hydrogens (tertiary/aromatic N) is 3. The maximum atomic E-state index is 12.4. The van der Waals surface area contributed by atoms with Crippen LogP contribution in [0.3, 0.4) is 0 Å². The van der Waals surface area contributed by atoms with Gasteiger partial charge in [0.2, 0.25) is 0 Å². The van der Waals surface area contributed by atoms with E-state index in [1.807, 2.05) is 18.2 Å². The lowest BCUT2D eigenvalue weighted by atomic mass is 10.1. The molecule has 28 heavy (non-hydrogen) atoms. The Hall–Kier alpha value is -0.930. The Morgan fingerprint density at radius 1 is 1.21 bits per heavy atom. The van der Waals surface area contributed by atoms with Crippen LogP contribution in [0.15, 0.2) is 29.6 Å². The van der Waals surface area contributed by atoms with Crippen LogP contribution < -0.4 is 11.1 Å². The molecule has 1 aromatic carbocycles. The Bertz CT molecular complexity index is 723. The van der Waals surface area contributed by atoms with Crippen molar-refractivity contribution in [2.24, 2.45) is 5.73 Å². The first-order valence-corrected chi connectivity index (χ1v) is 9.47. The Morgan fingerprint density at radius 2 is 1.93 bits per heavy atom. The number of carbonyl (C=O) groups excluding carboxylic acids is 1. The molecule has 1 aliphatic heterocycles. The average Bonchev–Trinajstić information content (AvgIpc) is 3.07. The number of aromatic nitrogens is 1. The molecule has 10 heteroatoms. The molecule has 2 heterocycles. The third-order valence-electron chi connectivity index (χ3n) is 4.33. The predicted molar refractivity (Wildman–Crippen MR) is 124 cm³/mol. The van der Waals surface area contributed by atoms with E-state index in [9.17, 15) is 4.79 Å². The zero-order valence-electron chi connectivity index (χ0n) is 15.8. The van der Waals surface area contributed by atoms with Gasteiger partial charge in [0, 0.05) is 50.2 Å². The minimum atomic E-state index is -0.170. The van der Waals surface area contributed by atoms with Gasteiger partial charge in [0.05, 0.1) is 5.01 Å². The monoisotopic (exact) mass is 467 g/mol. The Kier molecular flexibility index (Phi) is 12.9. The van der Waals surface area contributed by atoms with Crippen LogP contribution in [0.4, 0.5) is 5.69 Å². The van der Waals surface area contributed by atoms with Gasteiger partial charge in [0.1, 0.15) is 5.69 Å². The van der Waals surface area contributed by atoms with Crippen LogP contribution in [-0.2, 0) is 13.0 Å². The molecule has 3 rings (SSSR count). The van der Waals surface area contributed by atoms with E-state index in [0.29, 0.717) is 18.7 Å². The number of rotatable bonds is 6. The lowest BCUT2D eigenvalue weighted by Crippen LogP contribution is -2.43. The van der Waals surface area contributed by atoms with Crippen molar-refractivity contribution in [2.75, 3.05) is 45.1 Å². The summed E-state index contributed by atoms with van der Waals surface area (Å²) >= 11 is 1.48. The minimum Gasteiger partial charge on any atom is -0.330 e. The van der Waals surface area contributed by atoms with Gasteiger partial charge in [0.15, 0.2) is 0 Å². The number of nitrogens with two attached hydrogens (primary N) is 1. The molecule has 1 saturated heterocycles. The molecule has 0 aliphatic carbocycles. The summed E-state index contributed by atoms with van der Waals surface area (Å²) < 4.78 is 0. The molecule has 0 unspecified atom stereocenters. The fraction of sp³-hybridized carbons (Fsp3) is 0.444. The van der Waals surface area contributed by atoms with Crippen molar-refractivity contribution in [3.05, 3.63) is 45.9 Å². The van der Waals surface area contributed by atoms with Gasteiger partial charge in [-0.3, -0.25) is 9.69 Å². The Balaban J connectivity index is 0.00000243. The van der Waals surface area contributed by atoms with Crippen LogP contribution in [0.1, 0.15) is 21.1 Å². The van der Waals surface area contributed by atoms with Crippen LogP contribution in [0, 0.1) is 0 Å². The number of carbonyl (C=O) groups is 1. The van der Waals surface area contributed by atoms with Gasteiger partial charge in [0.25, 0.3) is 5.91 Å². The topological polar surface area (TPSA) is 74.5 Å². The molecule has 158 valence electrons. The van der Waals surface area contributed by atoms with Gasteiger partial charge in [-0.05, 0) is 31.3 Å². The summed E-state index contributed by atoms with van der Waals surface area (Å²) in [7, 11) is 2.16. The van der Waals surface area contributed by atoms with Gasteiger partial charge in [-0.15, -0.1) is 48.6 Å². The molecule has 3 N–H and O–H groups in total. The molecular formula is C18H28Cl3N5OS. The molecule has 1 fully saturated rings. The standard InChI is InChI=1S/C18H25N5OS.3ClH/c1-22-7-9-23(10-8-22)12-14-3-2-4-15(11-14)20-18(24)16-13-25-17(21-16)5-6-19;;;/h2-4,11,13H,5-10,12,19H2,1H3,(H,20,24);3*1H. The molecule has 0 radical (unpaired) electrons. The first-order valence-electron chi connectivity index (χ1n) is 8.59. The minimum absolute atomic E-state index is 0. The van der Waals surface area contributed by atoms with Crippen LogP contribution in [0.2, 0.25) is 0 Å². The van der Waals surface area contributed by atoms with E-state index in [1.165, 1.54) is 16.9 Å². The van der Waals surface area contributed by atoms with Crippen molar-refractivity contribution >= 4 is 60.2 Å². The van der Waals surface area contributed by atoms with Crippen LogP contribution in [0.5, 0.6) is 0 Å². The highest BCUT2D eigenvalue weighted by Gasteiger charge is 2.15. The third-order valence-corrected chi connectivity index (χ3v) is 5.24. The van der Waals surface area contributed by atoms with E-state index in [4.69, 9.17) is 5.73 Å². The molecule has 1 aromatic heterocycles. The molecule has 1 amide bonds. The van der Waals surface area contributed by atoms with Crippen LogP contribution >= 0.6 is 48.6 Å². The molecule has 0 spiro atoms. The third kappa shape index (κ3) is 7.83. The number of hydrogen-bond donors (Lipinski definition) is 2. The lowest BCUT2D eigenvalue weighted by molar-refractivity contribution is 0.102. The first kappa shape index (κ1) is 27.1. The number of amides is 1. The number of hydrogen-bond acceptors (Lipinski definition) is 6. The van der Waals surface area contributed by atoms with E-state index in [0.717, 1.165) is 43.4 Å². The fourth-order valence-electron chi connectivity index (χ4n) is 2.86. The van der Waals surface area contributed by atoms with E-state index >= 15 is 0 Å². The Morgan fingerprint density at radius 3 is 2.61 bits per heavy atom.